The van der Waals surface area contributed by atoms with Crippen LogP contribution in [0.15, 0.2) is 47.4 Å². The highest BCUT2D eigenvalue weighted by Crippen LogP contribution is 2.37. The predicted molar refractivity (Wildman–Crippen MR) is 102 cm³/mol. The lowest BCUT2D eigenvalue weighted by Crippen LogP contribution is -2.48. The number of hydrogen-bond acceptors (Lipinski definition) is 4. The Morgan fingerprint density at radius 3 is 1.94 bits per heavy atom. The molecule has 0 N–H and O–H groups in total. The zero-order chi connectivity index (χ0) is 23.7. The Morgan fingerprint density at radius 2 is 1.44 bits per heavy atom. The fraction of sp³-hybridized carbons (Fsp3) is 0.350. The van der Waals surface area contributed by atoms with Crippen LogP contribution in [0.5, 0.6) is 0 Å². The Labute approximate surface area is 180 Å². The maximum atomic E-state index is 13.1. The van der Waals surface area contributed by atoms with Crippen LogP contribution in [0.3, 0.4) is 0 Å². The van der Waals surface area contributed by atoms with E-state index in [0.717, 1.165) is 9.87 Å². The number of nitriles is 1. The monoisotopic (exact) mass is 477 g/mol. The summed E-state index contributed by atoms with van der Waals surface area (Å²) in [5, 5.41) is 8.96. The number of hydrogen-bond donors (Lipinski definition) is 0. The van der Waals surface area contributed by atoms with Gasteiger partial charge in [-0.1, -0.05) is 12.1 Å². The summed E-state index contributed by atoms with van der Waals surface area (Å²) in [5.41, 5.74) is -2.06. The molecule has 0 aliphatic carbocycles. The van der Waals surface area contributed by atoms with Crippen molar-refractivity contribution in [3.8, 4) is 6.07 Å². The minimum absolute atomic E-state index is 0.0993. The number of benzene rings is 2. The van der Waals surface area contributed by atoms with Crippen LogP contribution in [0.1, 0.15) is 22.3 Å². The molecule has 1 saturated heterocycles. The molecule has 2 aromatic rings. The first kappa shape index (κ1) is 24.0. The SMILES string of the molecule is N#Cc1cccc(CN2CCN(S(=O)(=O)c3cc(C(F)(F)F)cc(C(F)(F)F)c3)CC2)c1. The highest BCUT2D eigenvalue weighted by atomic mass is 32.2. The molecule has 0 aromatic heterocycles. The van der Waals surface area contributed by atoms with E-state index >= 15 is 0 Å². The minimum atomic E-state index is -5.14. The molecule has 172 valence electrons. The second kappa shape index (κ2) is 8.73. The van der Waals surface area contributed by atoms with E-state index < -0.39 is 38.4 Å². The minimum Gasteiger partial charge on any atom is -0.296 e. The van der Waals surface area contributed by atoms with Crippen molar-refractivity contribution >= 4 is 10.0 Å². The molecule has 0 saturated carbocycles. The van der Waals surface area contributed by atoms with Crippen molar-refractivity contribution < 1.29 is 34.8 Å². The number of alkyl halides is 6. The van der Waals surface area contributed by atoms with Gasteiger partial charge in [-0.05, 0) is 35.9 Å². The first-order chi connectivity index (χ1) is 14.8. The van der Waals surface area contributed by atoms with Crippen molar-refractivity contribution in [2.45, 2.75) is 23.8 Å². The molecule has 32 heavy (non-hydrogen) atoms. The second-order valence-electron chi connectivity index (χ2n) is 7.23. The number of halogens is 6. The van der Waals surface area contributed by atoms with Crippen LogP contribution in [0.2, 0.25) is 0 Å². The fourth-order valence-electron chi connectivity index (χ4n) is 3.35. The van der Waals surface area contributed by atoms with Crippen LogP contribution in [-0.2, 0) is 28.9 Å². The summed E-state index contributed by atoms with van der Waals surface area (Å²) in [7, 11) is -4.57. The van der Waals surface area contributed by atoms with E-state index in [1.54, 1.807) is 24.3 Å². The standard InChI is InChI=1S/C20H17F6N3O2S/c21-19(22,23)16-9-17(20(24,25)26)11-18(10-16)32(30,31)29-6-4-28(5-7-29)13-15-3-1-2-14(8-15)12-27/h1-3,8-11H,4-7,13H2. The number of sulfonamides is 1. The fourth-order valence-corrected chi connectivity index (χ4v) is 4.84. The quantitative estimate of drug-likeness (QED) is 0.622. The first-order valence-electron chi connectivity index (χ1n) is 9.32. The van der Waals surface area contributed by atoms with Gasteiger partial charge in [0.25, 0.3) is 0 Å². The molecule has 1 aliphatic rings. The van der Waals surface area contributed by atoms with E-state index in [4.69, 9.17) is 5.26 Å². The van der Waals surface area contributed by atoms with Crippen LogP contribution in [0.25, 0.3) is 0 Å². The average Bonchev–Trinajstić information content (AvgIpc) is 2.72. The lowest BCUT2D eigenvalue weighted by Gasteiger charge is -2.34. The van der Waals surface area contributed by atoms with E-state index in [1.165, 1.54) is 0 Å². The van der Waals surface area contributed by atoms with Crippen LogP contribution < -0.4 is 0 Å². The third-order valence-electron chi connectivity index (χ3n) is 4.99. The summed E-state index contributed by atoms with van der Waals surface area (Å²) >= 11 is 0. The van der Waals surface area contributed by atoms with Gasteiger partial charge in [-0.2, -0.15) is 35.9 Å². The van der Waals surface area contributed by atoms with Crippen LogP contribution in [0, 0.1) is 11.3 Å². The molecule has 2 aromatic carbocycles. The van der Waals surface area contributed by atoms with Crippen molar-refractivity contribution in [3.05, 3.63) is 64.7 Å². The van der Waals surface area contributed by atoms with Gasteiger partial charge in [0, 0.05) is 32.7 Å². The maximum Gasteiger partial charge on any atom is 0.416 e. The molecule has 1 fully saturated rings. The van der Waals surface area contributed by atoms with Crippen molar-refractivity contribution in [2.24, 2.45) is 0 Å². The van der Waals surface area contributed by atoms with E-state index in [9.17, 15) is 34.8 Å². The van der Waals surface area contributed by atoms with Gasteiger partial charge < -0.3 is 0 Å². The molecule has 0 spiro atoms. The third-order valence-corrected chi connectivity index (χ3v) is 6.87. The summed E-state index contributed by atoms with van der Waals surface area (Å²) in [5.74, 6) is 0. The molecular formula is C20H17F6N3O2S. The maximum absolute atomic E-state index is 13.1. The van der Waals surface area contributed by atoms with Gasteiger partial charge in [0.15, 0.2) is 0 Å². The normalized spacial score (nSPS) is 16.7. The van der Waals surface area contributed by atoms with Gasteiger partial charge >= 0.3 is 12.4 Å². The summed E-state index contributed by atoms with van der Waals surface area (Å²) in [4.78, 5) is 0.838. The molecule has 0 atom stereocenters. The lowest BCUT2D eigenvalue weighted by molar-refractivity contribution is -0.143. The van der Waals surface area contributed by atoms with Crippen LogP contribution in [0.4, 0.5) is 26.3 Å². The van der Waals surface area contributed by atoms with Gasteiger partial charge in [0.05, 0.1) is 27.7 Å². The van der Waals surface area contributed by atoms with Crippen molar-refractivity contribution in [2.75, 3.05) is 26.2 Å². The van der Waals surface area contributed by atoms with E-state index in [0.29, 0.717) is 12.1 Å². The van der Waals surface area contributed by atoms with Gasteiger partial charge in [-0.15, -0.1) is 0 Å². The smallest absolute Gasteiger partial charge is 0.296 e. The molecule has 0 radical (unpaired) electrons. The zero-order valence-electron chi connectivity index (χ0n) is 16.4. The first-order valence-corrected chi connectivity index (χ1v) is 10.8. The molecular weight excluding hydrogens is 460 g/mol. The Bertz CT molecular complexity index is 1100. The highest BCUT2D eigenvalue weighted by Gasteiger charge is 2.39. The summed E-state index contributed by atoms with van der Waals surface area (Å²) in [6.45, 7) is 0.670. The van der Waals surface area contributed by atoms with Gasteiger partial charge in [0.2, 0.25) is 10.0 Å². The topological polar surface area (TPSA) is 64.4 Å². The van der Waals surface area contributed by atoms with Crippen LogP contribution >= 0.6 is 0 Å². The predicted octanol–water partition coefficient (Wildman–Crippen LogP) is 4.10. The Kier molecular flexibility index (Phi) is 6.55. The van der Waals surface area contributed by atoms with Gasteiger partial charge in [0.1, 0.15) is 0 Å². The average molecular weight is 477 g/mol. The Hall–Kier alpha value is -2.62. The number of rotatable bonds is 4. The van der Waals surface area contributed by atoms with Crippen LogP contribution in [-0.4, -0.2) is 43.8 Å². The van der Waals surface area contributed by atoms with Gasteiger partial charge in [-0.3, -0.25) is 4.90 Å². The lowest BCUT2D eigenvalue weighted by atomic mass is 10.1. The molecule has 3 rings (SSSR count). The molecule has 5 nitrogen and oxygen atoms in total. The van der Waals surface area contributed by atoms with E-state index in [1.807, 2.05) is 11.0 Å². The largest absolute Gasteiger partial charge is 0.416 e. The van der Waals surface area contributed by atoms with Crippen molar-refractivity contribution in [3.63, 3.8) is 0 Å². The molecule has 0 bridgehead atoms. The summed E-state index contributed by atoms with van der Waals surface area (Å²) < 4.78 is 105. The van der Waals surface area contributed by atoms with Crippen molar-refractivity contribution in [1.29, 1.82) is 5.26 Å². The molecule has 12 heteroatoms. The van der Waals surface area contributed by atoms with Crippen molar-refractivity contribution in [1.82, 2.24) is 9.21 Å². The zero-order valence-corrected chi connectivity index (χ0v) is 17.2. The molecule has 0 amide bonds. The molecule has 0 unspecified atom stereocenters. The summed E-state index contributed by atoms with van der Waals surface area (Å²) in [6.07, 6.45) is -10.3. The Balaban J connectivity index is 1.80. The van der Waals surface area contributed by atoms with Gasteiger partial charge in [-0.25, -0.2) is 8.42 Å². The molecule has 1 heterocycles. The van der Waals surface area contributed by atoms with E-state index in [-0.39, 0.29) is 44.4 Å². The molecule has 1 aliphatic heterocycles. The highest BCUT2D eigenvalue weighted by molar-refractivity contribution is 7.89. The second-order valence-corrected chi connectivity index (χ2v) is 9.17. The third kappa shape index (κ3) is 5.40. The number of nitrogens with zero attached hydrogens (tertiary/aromatic N) is 3. The number of piperazine rings is 1. The summed E-state index contributed by atoms with van der Waals surface area (Å²) in [6, 6.07) is 9.19. The Morgan fingerprint density at radius 1 is 0.875 bits per heavy atom. The van der Waals surface area contributed by atoms with E-state index in [2.05, 4.69) is 0 Å².